The van der Waals surface area contributed by atoms with Gasteiger partial charge in [-0.2, -0.15) is 5.10 Å². The van der Waals surface area contributed by atoms with Gasteiger partial charge in [-0.15, -0.1) is 0 Å². The van der Waals surface area contributed by atoms with Crippen molar-refractivity contribution >= 4 is 11.6 Å². The van der Waals surface area contributed by atoms with Crippen molar-refractivity contribution < 1.29 is 9.53 Å². The van der Waals surface area contributed by atoms with E-state index in [1.54, 1.807) is 0 Å². The lowest BCUT2D eigenvalue weighted by Gasteiger charge is -2.05. The molecule has 19 heavy (non-hydrogen) atoms. The van der Waals surface area contributed by atoms with Crippen LogP contribution in [0, 0.1) is 0 Å². The van der Waals surface area contributed by atoms with Gasteiger partial charge in [0, 0.05) is 19.8 Å². The number of amides is 1. The van der Waals surface area contributed by atoms with Crippen LogP contribution in [0.4, 0.5) is 5.69 Å². The van der Waals surface area contributed by atoms with Gasteiger partial charge in [-0.3, -0.25) is 9.89 Å². The SMILES string of the molecule is CCCCOCCCNC(=O)c1n[nH]c(CC)c1N. The molecule has 0 aliphatic rings. The number of nitrogens with one attached hydrogen (secondary N) is 2. The van der Waals surface area contributed by atoms with Crippen LogP contribution in [0.2, 0.25) is 0 Å². The van der Waals surface area contributed by atoms with Crippen molar-refractivity contribution in [1.82, 2.24) is 15.5 Å². The number of H-pyrrole nitrogens is 1. The molecule has 0 aliphatic heterocycles. The van der Waals surface area contributed by atoms with Gasteiger partial charge in [0.05, 0.1) is 11.4 Å². The molecule has 0 saturated heterocycles. The van der Waals surface area contributed by atoms with Gasteiger partial charge in [0.2, 0.25) is 0 Å². The van der Waals surface area contributed by atoms with Gasteiger partial charge >= 0.3 is 0 Å². The molecule has 0 bridgehead atoms. The molecule has 0 radical (unpaired) electrons. The molecule has 108 valence electrons. The number of nitrogen functional groups attached to an aromatic ring is 1. The van der Waals surface area contributed by atoms with E-state index in [4.69, 9.17) is 10.5 Å². The van der Waals surface area contributed by atoms with Crippen molar-refractivity contribution in [1.29, 1.82) is 0 Å². The lowest BCUT2D eigenvalue weighted by molar-refractivity contribution is 0.0936. The fraction of sp³-hybridized carbons (Fsp3) is 0.692. The summed E-state index contributed by atoms with van der Waals surface area (Å²) in [5.41, 5.74) is 7.34. The number of hydrogen-bond donors (Lipinski definition) is 3. The van der Waals surface area contributed by atoms with Gasteiger partial charge < -0.3 is 15.8 Å². The summed E-state index contributed by atoms with van der Waals surface area (Å²) < 4.78 is 5.41. The third-order valence-electron chi connectivity index (χ3n) is 2.84. The van der Waals surface area contributed by atoms with Gasteiger partial charge in [0.25, 0.3) is 5.91 Å². The molecule has 0 aliphatic carbocycles. The zero-order valence-corrected chi connectivity index (χ0v) is 11.8. The van der Waals surface area contributed by atoms with E-state index in [1.807, 2.05) is 6.92 Å². The predicted molar refractivity (Wildman–Crippen MR) is 75.1 cm³/mol. The average molecular weight is 268 g/mol. The lowest BCUT2D eigenvalue weighted by atomic mass is 10.2. The number of carbonyl (C=O) groups excluding carboxylic acids is 1. The average Bonchev–Trinajstić information content (AvgIpc) is 2.78. The minimum atomic E-state index is -0.234. The van der Waals surface area contributed by atoms with Crippen molar-refractivity contribution in [3.63, 3.8) is 0 Å². The van der Waals surface area contributed by atoms with Crippen LogP contribution in [0.3, 0.4) is 0 Å². The van der Waals surface area contributed by atoms with Gasteiger partial charge in [-0.1, -0.05) is 20.3 Å². The number of aryl methyl sites for hydroxylation is 1. The Hall–Kier alpha value is -1.56. The Morgan fingerprint density at radius 3 is 2.74 bits per heavy atom. The highest BCUT2D eigenvalue weighted by Gasteiger charge is 2.15. The van der Waals surface area contributed by atoms with E-state index in [0.29, 0.717) is 18.8 Å². The Morgan fingerprint density at radius 1 is 1.37 bits per heavy atom. The van der Waals surface area contributed by atoms with E-state index in [1.165, 1.54) is 0 Å². The van der Waals surface area contributed by atoms with Crippen molar-refractivity contribution in [2.75, 3.05) is 25.5 Å². The van der Waals surface area contributed by atoms with Crippen molar-refractivity contribution in [2.45, 2.75) is 39.5 Å². The van der Waals surface area contributed by atoms with Crippen LogP contribution < -0.4 is 11.1 Å². The number of nitrogens with two attached hydrogens (primary N) is 1. The van der Waals surface area contributed by atoms with E-state index in [0.717, 1.165) is 38.0 Å². The maximum absolute atomic E-state index is 11.8. The van der Waals surface area contributed by atoms with Crippen LogP contribution in [0.1, 0.15) is 49.3 Å². The molecular weight excluding hydrogens is 244 g/mol. The summed E-state index contributed by atoms with van der Waals surface area (Å²) in [5.74, 6) is -0.234. The van der Waals surface area contributed by atoms with Crippen LogP contribution in [0.15, 0.2) is 0 Å². The Kier molecular flexibility index (Phi) is 6.95. The molecule has 0 unspecified atom stereocenters. The van der Waals surface area contributed by atoms with E-state index in [9.17, 15) is 4.79 Å². The van der Waals surface area contributed by atoms with E-state index in [2.05, 4.69) is 22.4 Å². The number of hydrogen-bond acceptors (Lipinski definition) is 4. The lowest BCUT2D eigenvalue weighted by Crippen LogP contribution is -2.26. The Bertz CT molecular complexity index is 390. The summed E-state index contributed by atoms with van der Waals surface area (Å²) in [6.07, 6.45) is 3.74. The van der Waals surface area contributed by atoms with Crippen molar-refractivity contribution in [3.8, 4) is 0 Å². The maximum atomic E-state index is 11.8. The molecule has 1 aromatic rings. The number of rotatable bonds is 9. The first-order valence-corrected chi connectivity index (χ1v) is 6.89. The number of aromatic amines is 1. The highest BCUT2D eigenvalue weighted by Crippen LogP contribution is 2.13. The van der Waals surface area contributed by atoms with Gasteiger partial charge in [0.1, 0.15) is 0 Å². The zero-order chi connectivity index (χ0) is 14.1. The number of nitrogens with zero attached hydrogens (tertiary/aromatic N) is 1. The summed E-state index contributed by atoms with van der Waals surface area (Å²) in [7, 11) is 0. The second-order valence-corrected chi connectivity index (χ2v) is 4.39. The van der Waals surface area contributed by atoms with E-state index < -0.39 is 0 Å². The molecule has 0 aromatic carbocycles. The summed E-state index contributed by atoms with van der Waals surface area (Å²) >= 11 is 0. The second kappa shape index (κ2) is 8.53. The van der Waals surface area contributed by atoms with Crippen LogP contribution in [-0.4, -0.2) is 35.9 Å². The smallest absolute Gasteiger partial charge is 0.273 e. The van der Waals surface area contributed by atoms with E-state index >= 15 is 0 Å². The topological polar surface area (TPSA) is 93.0 Å². The predicted octanol–water partition coefficient (Wildman–Crippen LogP) is 1.49. The summed E-state index contributed by atoms with van der Waals surface area (Å²) in [6.45, 7) is 6.10. The minimum Gasteiger partial charge on any atom is -0.395 e. The van der Waals surface area contributed by atoms with Crippen molar-refractivity contribution in [3.05, 3.63) is 11.4 Å². The summed E-state index contributed by atoms with van der Waals surface area (Å²) in [5, 5.41) is 9.49. The summed E-state index contributed by atoms with van der Waals surface area (Å²) in [6, 6.07) is 0. The van der Waals surface area contributed by atoms with Crippen molar-refractivity contribution in [2.24, 2.45) is 0 Å². The number of carbonyl (C=O) groups is 1. The molecule has 0 fully saturated rings. The first kappa shape index (κ1) is 15.5. The molecule has 1 rings (SSSR count). The van der Waals surface area contributed by atoms with E-state index in [-0.39, 0.29) is 11.6 Å². The third-order valence-corrected chi connectivity index (χ3v) is 2.84. The van der Waals surface area contributed by atoms with Crippen LogP contribution in [-0.2, 0) is 11.2 Å². The highest BCUT2D eigenvalue weighted by atomic mass is 16.5. The van der Waals surface area contributed by atoms with Gasteiger partial charge in [-0.05, 0) is 19.3 Å². The normalized spacial score (nSPS) is 10.6. The highest BCUT2D eigenvalue weighted by molar-refractivity contribution is 5.97. The minimum absolute atomic E-state index is 0.234. The summed E-state index contributed by atoms with van der Waals surface area (Å²) in [4.78, 5) is 11.8. The monoisotopic (exact) mass is 268 g/mol. The first-order valence-electron chi connectivity index (χ1n) is 6.89. The first-order chi connectivity index (χ1) is 9.20. The standard InChI is InChI=1S/C13H24N4O2/c1-3-5-8-19-9-6-7-15-13(18)12-11(14)10(4-2)16-17-12/h3-9,14H2,1-2H3,(H,15,18)(H,16,17). The molecule has 6 heteroatoms. The molecule has 1 amide bonds. The van der Waals surface area contributed by atoms with Crippen LogP contribution >= 0.6 is 0 Å². The zero-order valence-electron chi connectivity index (χ0n) is 11.8. The van der Waals surface area contributed by atoms with Crippen LogP contribution in [0.25, 0.3) is 0 Å². The Morgan fingerprint density at radius 2 is 2.11 bits per heavy atom. The van der Waals surface area contributed by atoms with Gasteiger partial charge in [-0.25, -0.2) is 0 Å². The molecule has 0 spiro atoms. The molecule has 0 saturated carbocycles. The number of unbranched alkanes of at least 4 members (excludes halogenated alkanes) is 1. The molecular formula is C13H24N4O2. The second-order valence-electron chi connectivity index (χ2n) is 4.39. The number of aromatic nitrogens is 2. The maximum Gasteiger partial charge on any atom is 0.273 e. The van der Waals surface area contributed by atoms with Crippen LogP contribution in [0.5, 0.6) is 0 Å². The molecule has 4 N–H and O–H groups in total. The fourth-order valence-corrected chi connectivity index (χ4v) is 1.64. The Balaban J connectivity index is 2.22. The molecule has 1 aromatic heterocycles. The molecule has 1 heterocycles. The molecule has 6 nitrogen and oxygen atoms in total. The fourth-order valence-electron chi connectivity index (χ4n) is 1.64. The number of ether oxygens (including phenoxy) is 1. The largest absolute Gasteiger partial charge is 0.395 e. The quantitative estimate of drug-likeness (QED) is 0.591. The number of anilines is 1. The van der Waals surface area contributed by atoms with Gasteiger partial charge in [0.15, 0.2) is 5.69 Å². The Labute approximate surface area is 114 Å². The third kappa shape index (κ3) is 4.90. The molecule has 0 atom stereocenters.